The summed E-state index contributed by atoms with van der Waals surface area (Å²) in [7, 11) is 0. The predicted octanol–water partition coefficient (Wildman–Crippen LogP) is 3.22. The summed E-state index contributed by atoms with van der Waals surface area (Å²) in [5, 5.41) is 17.6. The van der Waals surface area contributed by atoms with Crippen LogP contribution in [0.1, 0.15) is 63.3 Å². The number of carbonyl (C=O) groups is 3. The summed E-state index contributed by atoms with van der Waals surface area (Å²) >= 11 is 0. The van der Waals surface area contributed by atoms with Crippen molar-refractivity contribution in [2.45, 2.75) is 64.1 Å². The Morgan fingerprint density at radius 2 is 1.89 bits per heavy atom. The van der Waals surface area contributed by atoms with Gasteiger partial charge in [-0.2, -0.15) is 0 Å². The summed E-state index contributed by atoms with van der Waals surface area (Å²) in [6.45, 7) is 14.2. The van der Waals surface area contributed by atoms with E-state index >= 15 is 0 Å². The summed E-state index contributed by atoms with van der Waals surface area (Å²) in [6.07, 6.45) is 1.85. The average Bonchev–Trinajstić information content (AvgIpc) is 3.55. The minimum Gasteiger partial charge on any atom is -0.391 e. The molecule has 0 aliphatic carbocycles. The molecule has 202 valence electrons. The minimum absolute atomic E-state index is 0.0631. The molecule has 10 nitrogen and oxygen atoms in total. The van der Waals surface area contributed by atoms with E-state index in [1.165, 1.54) is 4.90 Å². The maximum absolute atomic E-state index is 13.8. The van der Waals surface area contributed by atoms with Crippen LogP contribution >= 0.6 is 0 Å². The van der Waals surface area contributed by atoms with Crippen molar-refractivity contribution in [3.05, 3.63) is 53.1 Å². The van der Waals surface area contributed by atoms with Crippen molar-refractivity contribution in [3.8, 4) is 0 Å². The normalized spacial score (nSPS) is 21.7. The van der Waals surface area contributed by atoms with Crippen molar-refractivity contribution in [1.82, 2.24) is 15.4 Å². The molecule has 4 rings (SSSR count). The van der Waals surface area contributed by atoms with E-state index in [9.17, 15) is 19.5 Å². The number of hydrogen-bond donors (Lipinski definition) is 2. The highest BCUT2D eigenvalue weighted by atomic mass is 16.5. The van der Waals surface area contributed by atoms with Gasteiger partial charge in [0.15, 0.2) is 17.3 Å². The van der Waals surface area contributed by atoms with E-state index in [0.717, 1.165) is 24.7 Å². The van der Waals surface area contributed by atoms with E-state index in [1.54, 1.807) is 30.3 Å². The first-order valence-electron chi connectivity index (χ1n) is 13.1. The Hall–Kier alpha value is -3.71. The molecule has 0 saturated carbocycles. The van der Waals surface area contributed by atoms with Crippen LogP contribution in [0.5, 0.6) is 0 Å². The second-order valence-corrected chi connectivity index (χ2v) is 10.6. The monoisotopic (exact) mass is 521 g/mol. The standard InChI is InChI=1S/C28H35N5O5/c1-17(2)26(24-14-25(31-38-24)32-11-9-19(16-34)10-12-32)28(37)33-15-22(35)13-23(33)27(36)30-18(3)20-5-7-21(29-4)8-6-20/h5-8,14,16-19,22-23,26,35H,9-13,15H2,1-3H3,(H,30,36)/t18-,22+,23-,26+/m0/s1. The molecule has 2 amide bonds. The lowest BCUT2D eigenvalue weighted by molar-refractivity contribution is -0.141. The van der Waals surface area contributed by atoms with Crippen molar-refractivity contribution in [2.75, 3.05) is 24.5 Å². The van der Waals surface area contributed by atoms with Gasteiger partial charge in [0.05, 0.1) is 18.7 Å². The number of aliphatic hydroxyl groups is 1. The maximum atomic E-state index is 13.8. The van der Waals surface area contributed by atoms with Crippen molar-refractivity contribution >= 4 is 29.6 Å². The lowest BCUT2D eigenvalue weighted by atomic mass is 9.91. The number of aliphatic hydroxyl groups excluding tert-OH is 1. The number of nitrogens with one attached hydrogen (secondary N) is 1. The lowest BCUT2D eigenvalue weighted by Gasteiger charge is -2.30. The third kappa shape index (κ3) is 5.89. The first-order chi connectivity index (χ1) is 18.2. The number of benzene rings is 1. The fourth-order valence-corrected chi connectivity index (χ4v) is 5.29. The molecule has 2 aliphatic heterocycles. The van der Waals surface area contributed by atoms with Crippen LogP contribution in [0.25, 0.3) is 4.85 Å². The van der Waals surface area contributed by atoms with E-state index in [-0.39, 0.29) is 42.7 Å². The lowest BCUT2D eigenvalue weighted by Crippen LogP contribution is -2.48. The topological polar surface area (TPSA) is 120 Å². The van der Waals surface area contributed by atoms with Crippen molar-refractivity contribution in [2.24, 2.45) is 11.8 Å². The summed E-state index contributed by atoms with van der Waals surface area (Å²) in [5.41, 5.74) is 1.36. The van der Waals surface area contributed by atoms with Gasteiger partial charge in [0, 0.05) is 38.0 Å². The molecule has 0 unspecified atom stereocenters. The number of hydrogen-bond acceptors (Lipinski definition) is 7. The molecular weight excluding hydrogens is 486 g/mol. The van der Waals surface area contributed by atoms with Crippen LogP contribution in [0.3, 0.4) is 0 Å². The van der Waals surface area contributed by atoms with Crippen LogP contribution in [0, 0.1) is 18.4 Å². The van der Waals surface area contributed by atoms with E-state index in [0.29, 0.717) is 30.4 Å². The second-order valence-electron chi connectivity index (χ2n) is 10.6. The van der Waals surface area contributed by atoms with Gasteiger partial charge in [-0.25, -0.2) is 4.85 Å². The number of likely N-dealkylation sites (tertiary alicyclic amines) is 1. The molecule has 10 heteroatoms. The van der Waals surface area contributed by atoms with Crippen LogP contribution in [0.15, 0.2) is 34.9 Å². The molecule has 2 fully saturated rings. The number of piperidine rings is 1. The molecule has 2 saturated heterocycles. The van der Waals surface area contributed by atoms with Crippen LogP contribution < -0.4 is 10.2 Å². The van der Waals surface area contributed by atoms with Crippen molar-refractivity contribution < 1.29 is 24.0 Å². The fourth-order valence-electron chi connectivity index (χ4n) is 5.29. The van der Waals surface area contributed by atoms with Gasteiger partial charge < -0.3 is 29.5 Å². The van der Waals surface area contributed by atoms with Gasteiger partial charge in [-0.15, -0.1) is 0 Å². The summed E-state index contributed by atoms with van der Waals surface area (Å²) in [4.78, 5) is 45.0. The molecule has 0 bridgehead atoms. The first kappa shape index (κ1) is 27.3. The molecule has 2 aliphatic rings. The molecule has 2 N–H and O–H groups in total. The van der Waals surface area contributed by atoms with Gasteiger partial charge in [-0.05, 0) is 31.2 Å². The fraction of sp³-hybridized carbons (Fsp3) is 0.536. The highest BCUT2D eigenvalue weighted by molar-refractivity contribution is 5.91. The number of rotatable bonds is 8. The van der Waals surface area contributed by atoms with Crippen molar-refractivity contribution in [3.63, 3.8) is 0 Å². The number of anilines is 1. The summed E-state index contributed by atoms with van der Waals surface area (Å²) in [5.74, 6) is -0.298. The highest BCUT2D eigenvalue weighted by Crippen LogP contribution is 2.33. The van der Waals surface area contributed by atoms with Gasteiger partial charge in [0.2, 0.25) is 11.8 Å². The molecule has 1 aromatic heterocycles. The molecule has 4 atom stereocenters. The Bertz CT molecular complexity index is 1180. The number of β-amino-alcohol motifs (C(OH)–C–C–N with tert-alkyl or cyclic N) is 1. The maximum Gasteiger partial charge on any atom is 0.243 e. The van der Waals surface area contributed by atoms with E-state index in [1.807, 2.05) is 20.8 Å². The number of aldehydes is 1. The van der Waals surface area contributed by atoms with Crippen LogP contribution in [0.2, 0.25) is 0 Å². The predicted molar refractivity (Wildman–Crippen MR) is 140 cm³/mol. The van der Waals surface area contributed by atoms with Crippen molar-refractivity contribution in [1.29, 1.82) is 0 Å². The Kier molecular flexibility index (Phi) is 8.47. The number of aromatic nitrogens is 1. The van der Waals surface area contributed by atoms with Crippen LogP contribution in [-0.4, -0.2) is 65.0 Å². The van der Waals surface area contributed by atoms with Gasteiger partial charge in [-0.1, -0.05) is 43.3 Å². The molecule has 0 radical (unpaired) electrons. The quantitative estimate of drug-likeness (QED) is 0.404. The van der Waals surface area contributed by atoms with Gasteiger partial charge in [-0.3, -0.25) is 9.59 Å². The van der Waals surface area contributed by atoms with E-state index in [4.69, 9.17) is 11.1 Å². The molecule has 3 heterocycles. The third-order valence-electron chi connectivity index (χ3n) is 7.56. The number of amides is 2. The zero-order valence-corrected chi connectivity index (χ0v) is 22.0. The Morgan fingerprint density at radius 3 is 2.50 bits per heavy atom. The smallest absolute Gasteiger partial charge is 0.243 e. The number of nitrogens with zero attached hydrogens (tertiary/aromatic N) is 4. The summed E-state index contributed by atoms with van der Waals surface area (Å²) in [6, 6.07) is 7.62. The second kappa shape index (κ2) is 11.8. The molecule has 1 aromatic carbocycles. The summed E-state index contributed by atoms with van der Waals surface area (Å²) < 4.78 is 5.65. The molecular formula is C28H35N5O5. The Morgan fingerprint density at radius 1 is 1.21 bits per heavy atom. The minimum atomic E-state index is -0.812. The molecule has 38 heavy (non-hydrogen) atoms. The average molecular weight is 522 g/mol. The largest absolute Gasteiger partial charge is 0.391 e. The van der Waals surface area contributed by atoms with E-state index in [2.05, 4.69) is 20.2 Å². The van der Waals surface area contributed by atoms with Crippen LogP contribution in [-0.2, 0) is 14.4 Å². The van der Waals surface area contributed by atoms with Gasteiger partial charge >= 0.3 is 0 Å². The zero-order valence-electron chi connectivity index (χ0n) is 22.0. The highest BCUT2D eigenvalue weighted by Gasteiger charge is 2.43. The number of carbonyl (C=O) groups excluding carboxylic acids is 3. The third-order valence-corrected chi connectivity index (χ3v) is 7.56. The van der Waals surface area contributed by atoms with E-state index < -0.39 is 18.1 Å². The van der Waals surface area contributed by atoms with Gasteiger partial charge in [0.25, 0.3) is 0 Å². The Balaban J connectivity index is 1.47. The van der Waals surface area contributed by atoms with Crippen LogP contribution in [0.4, 0.5) is 11.5 Å². The SMILES string of the molecule is [C-]#[N+]c1ccc([C@H](C)NC(=O)[C@@H]2C[C@@H](O)CN2C(=O)[C@@H](c2cc(N3CCC(C=O)CC3)no2)C(C)C)cc1. The Labute approximate surface area is 222 Å². The first-order valence-corrected chi connectivity index (χ1v) is 13.1. The van der Waals surface area contributed by atoms with Gasteiger partial charge in [0.1, 0.15) is 18.2 Å². The molecule has 2 aromatic rings. The zero-order chi connectivity index (χ0) is 27.4. The molecule has 0 spiro atoms.